The molecule has 0 radical (unpaired) electrons. The first kappa shape index (κ1) is 25.0. The van der Waals surface area contributed by atoms with E-state index < -0.39 is 11.7 Å². The molecule has 5 heteroatoms. The summed E-state index contributed by atoms with van der Waals surface area (Å²) in [4.78, 5) is 24.9. The van der Waals surface area contributed by atoms with Crippen molar-refractivity contribution < 1.29 is 14.3 Å². The first-order valence-corrected chi connectivity index (χ1v) is 11.8. The molecule has 168 valence electrons. The SMILES string of the molecule is CC(C)SC(=O)C(C)C[C@@H](Cc1ccc(-c2ccccc2)cc1)NC(=O)OC(C)(C)C. The number of alkyl carbamates (subject to hydrolysis) is 1. The van der Waals surface area contributed by atoms with Gasteiger partial charge < -0.3 is 10.1 Å². The Kier molecular flexibility index (Phi) is 9.17. The van der Waals surface area contributed by atoms with E-state index in [1.165, 1.54) is 17.3 Å². The molecule has 0 saturated carbocycles. The van der Waals surface area contributed by atoms with E-state index in [9.17, 15) is 9.59 Å². The highest BCUT2D eigenvalue weighted by molar-refractivity contribution is 8.14. The maximum Gasteiger partial charge on any atom is 0.407 e. The number of carbonyl (C=O) groups excluding carboxylic acids is 2. The van der Waals surface area contributed by atoms with Crippen molar-refractivity contribution in [3.8, 4) is 11.1 Å². The fourth-order valence-corrected chi connectivity index (χ4v) is 4.08. The molecule has 2 atom stereocenters. The Morgan fingerprint density at radius 3 is 2.06 bits per heavy atom. The fourth-order valence-electron chi connectivity index (χ4n) is 3.29. The molecule has 0 spiro atoms. The van der Waals surface area contributed by atoms with Crippen LogP contribution < -0.4 is 5.32 Å². The van der Waals surface area contributed by atoms with Crippen LogP contribution in [0.1, 0.15) is 53.5 Å². The second kappa shape index (κ2) is 11.4. The van der Waals surface area contributed by atoms with Gasteiger partial charge in [-0.2, -0.15) is 0 Å². The van der Waals surface area contributed by atoms with Crippen molar-refractivity contribution >= 4 is 23.0 Å². The van der Waals surface area contributed by atoms with Crippen LogP contribution in [0.25, 0.3) is 11.1 Å². The molecule has 0 heterocycles. The molecule has 4 nitrogen and oxygen atoms in total. The van der Waals surface area contributed by atoms with Crippen LogP contribution in [-0.2, 0) is 16.0 Å². The zero-order valence-electron chi connectivity index (χ0n) is 19.5. The van der Waals surface area contributed by atoms with E-state index in [1.54, 1.807) is 0 Å². The highest BCUT2D eigenvalue weighted by Gasteiger charge is 2.24. The minimum absolute atomic E-state index is 0.157. The standard InChI is InChI=1S/C26H35NO3S/c1-18(2)31-24(28)19(3)16-23(27-25(29)30-26(4,5)6)17-20-12-14-22(15-13-20)21-10-8-7-9-11-21/h7-15,18-19,23H,16-17H2,1-6H3,(H,27,29)/t19?,23-/m0/s1. The van der Waals surface area contributed by atoms with Crippen LogP contribution in [0.15, 0.2) is 54.6 Å². The van der Waals surface area contributed by atoms with E-state index >= 15 is 0 Å². The average Bonchev–Trinajstić information content (AvgIpc) is 2.67. The number of benzene rings is 2. The Bertz CT molecular complexity index is 841. The third kappa shape index (κ3) is 9.18. The molecule has 0 aliphatic carbocycles. The summed E-state index contributed by atoms with van der Waals surface area (Å²) < 4.78 is 5.45. The van der Waals surface area contributed by atoms with E-state index in [0.717, 1.165) is 11.1 Å². The second-order valence-electron chi connectivity index (χ2n) is 9.23. The maximum absolute atomic E-state index is 12.5. The zero-order chi connectivity index (χ0) is 23.0. The lowest BCUT2D eigenvalue weighted by Crippen LogP contribution is -2.41. The van der Waals surface area contributed by atoms with Gasteiger partial charge in [0.05, 0.1) is 0 Å². The molecule has 0 fully saturated rings. The summed E-state index contributed by atoms with van der Waals surface area (Å²) in [5.74, 6) is -0.157. The van der Waals surface area contributed by atoms with Crippen LogP contribution in [0.4, 0.5) is 4.79 Å². The van der Waals surface area contributed by atoms with E-state index in [2.05, 4.69) is 41.7 Å². The largest absolute Gasteiger partial charge is 0.444 e. The molecule has 2 aromatic carbocycles. The quantitative estimate of drug-likeness (QED) is 0.509. The van der Waals surface area contributed by atoms with Gasteiger partial charge in [-0.05, 0) is 50.3 Å². The van der Waals surface area contributed by atoms with Gasteiger partial charge in [0, 0.05) is 17.2 Å². The summed E-state index contributed by atoms with van der Waals surface area (Å²) in [6, 6.07) is 18.4. The van der Waals surface area contributed by atoms with Gasteiger partial charge in [0.2, 0.25) is 0 Å². The normalized spacial score (nSPS) is 13.5. The van der Waals surface area contributed by atoms with Crippen molar-refractivity contribution in [3.05, 3.63) is 60.2 Å². The van der Waals surface area contributed by atoms with Crippen LogP contribution in [0, 0.1) is 5.92 Å². The number of ether oxygens (including phenoxy) is 1. The summed E-state index contributed by atoms with van der Waals surface area (Å²) >= 11 is 1.36. The van der Waals surface area contributed by atoms with Gasteiger partial charge in [0.1, 0.15) is 5.60 Å². The third-order valence-electron chi connectivity index (χ3n) is 4.66. The van der Waals surface area contributed by atoms with E-state index in [4.69, 9.17) is 4.74 Å². The van der Waals surface area contributed by atoms with Crippen molar-refractivity contribution in [2.75, 3.05) is 0 Å². The van der Waals surface area contributed by atoms with Crippen molar-refractivity contribution in [3.63, 3.8) is 0 Å². The first-order valence-electron chi connectivity index (χ1n) is 10.9. The van der Waals surface area contributed by atoms with Crippen molar-refractivity contribution in [2.45, 2.75) is 71.3 Å². The van der Waals surface area contributed by atoms with Crippen molar-refractivity contribution in [1.82, 2.24) is 5.32 Å². The summed E-state index contributed by atoms with van der Waals surface area (Å²) in [5.41, 5.74) is 2.86. The molecule has 1 unspecified atom stereocenters. The Morgan fingerprint density at radius 2 is 1.52 bits per heavy atom. The lowest BCUT2D eigenvalue weighted by atomic mass is 9.95. The highest BCUT2D eigenvalue weighted by Crippen LogP contribution is 2.23. The number of hydrogen-bond acceptors (Lipinski definition) is 4. The molecule has 31 heavy (non-hydrogen) atoms. The molecule has 0 bridgehead atoms. The van der Waals surface area contributed by atoms with Crippen LogP contribution in [0.5, 0.6) is 0 Å². The first-order chi connectivity index (χ1) is 14.5. The summed E-state index contributed by atoms with van der Waals surface area (Å²) in [7, 11) is 0. The third-order valence-corrected chi connectivity index (χ3v) is 5.76. The van der Waals surface area contributed by atoms with Gasteiger partial charge >= 0.3 is 6.09 Å². The van der Waals surface area contributed by atoms with Crippen LogP contribution in [-0.4, -0.2) is 28.1 Å². The fraction of sp³-hybridized carbons (Fsp3) is 0.462. The molecule has 0 saturated heterocycles. The predicted octanol–water partition coefficient (Wildman–Crippen LogP) is 6.48. The van der Waals surface area contributed by atoms with Gasteiger partial charge in [-0.25, -0.2) is 4.79 Å². The van der Waals surface area contributed by atoms with Gasteiger partial charge in [0.15, 0.2) is 5.12 Å². The van der Waals surface area contributed by atoms with Crippen LogP contribution in [0.3, 0.4) is 0 Å². The lowest BCUT2D eigenvalue weighted by Gasteiger charge is -2.25. The number of nitrogens with one attached hydrogen (secondary N) is 1. The predicted molar refractivity (Wildman–Crippen MR) is 130 cm³/mol. The number of carbonyl (C=O) groups is 2. The molecule has 1 N–H and O–H groups in total. The number of thioether (sulfide) groups is 1. The monoisotopic (exact) mass is 441 g/mol. The number of amides is 1. The molecule has 2 aromatic rings. The van der Waals surface area contributed by atoms with Crippen LogP contribution in [0.2, 0.25) is 0 Å². The molecule has 2 rings (SSSR count). The molecular formula is C26H35NO3S. The summed E-state index contributed by atoms with van der Waals surface area (Å²) in [5, 5.41) is 3.39. The number of rotatable bonds is 8. The highest BCUT2D eigenvalue weighted by atomic mass is 32.2. The van der Waals surface area contributed by atoms with E-state index in [-0.39, 0.29) is 22.3 Å². The van der Waals surface area contributed by atoms with Gasteiger partial charge in [-0.15, -0.1) is 0 Å². The van der Waals surface area contributed by atoms with Gasteiger partial charge in [-0.3, -0.25) is 4.79 Å². The number of hydrogen-bond donors (Lipinski definition) is 1. The Balaban J connectivity index is 2.11. The Hall–Kier alpha value is -2.27. The van der Waals surface area contributed by atoms with Gasteiger partial charge in [-0.1, -0.05) is 87.1 Å². The molecule has 1 amide bonds. The van der Waals surface area contributed by atoms with E-state index in [1.807, 2.05) is 59.7 Å². The molecule has 0 aromatic heterocycles. The second-order valence-corrected chi connectivity index (χ2v) is 10.8. The van der Waals surface area contributed by atoms with Gasteiger partial charge in [0.25, 0.3) is 0 Å². The topological polar surface area (TPSA) is 55.4 Å². The summed E-state index contributed by atoms with van der Waals surface area (Å²) in [6.07, 6.45) is 0.755. The minimum atomic E-state index is -0.569. The summed E-state index contributed by atoms with van der Waals surface area (Å²) in [6.45, 7) is 11.5. The average molecular weight is 442 g/mol. The maximum atomic E-state index is 12.5. The lowest BCUT2D eigenvalue weighted by molar-refractivity contribution is -0.114. The molecule has 0 aliphatic rings. The molecular weight excluding hydrogens is 406 g/mol. The van der Waals surface area contributed by atoms with Crippen molar-refractivity contribution in [2.24, 2.45) is 5.92 Å². The Labute approximate surface area is 191 Å². The zero-order valence-corrected chi connectivity index (χ0v) is 20.3. The van der Waals surface area contributed by atoms with E-state index in [0.29, 0.717) is 12.8 Å². The minimum Gasteiger partial charge on any atom is -0.444 e. The van der Waals surface area contributed by atoms with Crippen LogP contribution >= 0.6 is 11.8 Å². The van der Waals surface area contributed by atoms with Crippen molar-refractivity contribution in [1.29, 1.82) is 0 Å². The molecule has 0 aliphatic heterocycles. The smallest absolute Gasteiger partial charge is 0.407 e. The Morgan fingerprint density at radius 1 is 0.935 bits per heavy atom.